The molecule has 1 aromatic heterocycles. The van der Waals surface area contributed by atoms with E-state index in [2.05, 4.69) is 42.5 Å². The molecule has 6 heteroatoms. The van der Waals surface area contributed by atoms with Crippen LogP contribution >= 0.6 is 11.8 Å². The molecule has 2 N–H and O–H groups in total. The van der Waals surface area contributed by atoms with Gasteiger partial charge in [0, 0.05) is 40.8 Å². The van der Waals surface area contributed by atoms with E-state index in [-0.39, 0.29) is 10.8 Å². The highest BCUT2D eigenvalue weighted by atomic mass is 32.2. The van der Waals surface area contributed by atoms with E-state index in [0.29, 0.717) is 13.1 Å². The lowest BCUT2D eigenvalue weighted by Crippen LogP contribution is -2.31. The van der Waals surface area contributed by atoms with Crippen molar-refractivity contribution in [3.05, 3.63) is 42.5 Å². The molecule has 0 atom stereocenters. The zero-order chi connectivity index (χ0) is 16.9. The molecule has 2 amide bonds. The molecule has 1 heterocycles. The lowest BCUT2D eigenvalue weighted by atomic mass is 10.2. The molecule has 0 saturated carbocycles. The molecule has 0 unspecified atom stereocenters. The number of nitrogens with zero attached hydrogens (tertiary/aromatic N) is 2. The molecule has 0 aliphatic carbocycles. The molecular formula is C17H24N4OS. The van der Waals surface area contributed by atoms with Crippen LogP contribution in [-0.4, -0.2) is 26.9 Å². The molecule has 0 spiro atoms. The number of benzene rings is 1. The van der Waals surface area contributed by atoms with Crippen LogP contribution in [0.1, 0.15) is 26.3 Å². The van der Waals surface area contributed by atoms with E-state index >= 15 is 0 Å². The second kappa shape index (κ2) is 7.55. The SMILES string of the molecule is Cc1cc(SC(C)(C)C)ccc1NC(=O)NCCn1ccnc1. The third-order valence-corrected chi connectivity index (χ3v) is 4.19. The summed E-state index contributed by atoms with van der Waals surface area (Å²) in [6, 6.07) is 5.92. The average molecular weight is 332 g/mol. The van der Waals surface area contributed by atoms with Gasteiger partial charge in [-0.1, -0.05) is 20.8 Å². The zero-order valence-corrected chi connectivity index (χ0v) is 14.9. The Hall–Kier alpha value is -1.95. The molecule has 5 nitrogen and oxygen atoms in total. The summed E-state index contributed by atoms with van der Waals surface area (Å²) in [6.45, 7) is 9.83. The molecule has 23 heavy (non-hydrogen) atoms. The second-order valence-corrected chi connectivity index (χ2v) is 8.27. The summed E-state index contributed by atoms with van der Waals surface area (Å²) >= 11 is 1.82. The van der Waals surface area contributed by atoms with Gasteiger partial charge in [0.25, 0.3) is 0 Å². The van der Waals surface area contributed by atoms with Crippen LogP contribution in [0.3, 0.4) is 0 Å². The summed E-state index contributed by atoms with van der Waals surface area (Å²) in [4.78, 5) is 17.1. The van der Waals surface area contributed by atoms with Gasteiger partial charge in [0.05, 0.1) is 6.33 Å². The van der Waals surface area contributed by atoms with Crippen molar-refractivity contribution >= 4 is 23.5 Å². The van der Waals surface area contributed by atoms with Crippen LogP contribution in [0.2, 0.25) is 0 Å². The molecule has 124 valence electrons. The van der Waals surface area contributed by atoms with E-state index in [1.165, 1.54) is 4.90 Å². The van der Waals surface area contributed by atoms with Gasteiger partial charge in [-0.05, 0) is 30.7 Å². The molecule has 2 aromatic rings. The van der Waals surface area contributed by atoms with Crippen LogP contribution < -0.4 is 10.6 Å². The summed E-state index contributed by atoms with van der Waals surface area (Å²) in [6.07, 6.45) is 5.32. The van der Waals surface area contributed by atoms with Gasteiger partial charge in [-0.25, -0.2) is 9.78 Å². The van der Waals surface area contributed by atoms with Gasteiger partial charge in [0.2, 0.25) is 0 Å². The first-order valence-corrected chi connectivity index (χ1v) is 8.45. The molecule has 0 aliphatic rings. The van der Waals surface area contributed by atoms with E-state index in [9.17, 15) is 4.79 Å². The highest BCUT2D eigenvalue weighted by Gasteiger charge is 2.13. The number of anilines is 1. The Bertz CT molecular complexity index is 647. The number of aryl methyl sites for hydroxylation is 1. The third kappa shape index (κ3) is 5.98. The second-order valence-electron chi connectivity index (χ2n) is 6.37. The predicted molar refractivity (Wildman–Crippen MR) is 96.0 cm³/mol. The topological polar surface area (TPSA) is 59.0 Å². The lowest BCUT2D eigenvalue weighted by molar-refractivity contribution is 0.251. The first-order chi connectivity index (χ1) is 10.8. The number of carbonyl (C=O) groups excluding carboxylic acids is 1. The Balaban J connectivity index is 1.85. The minimum atomic E-state index is -0.190. The smallest absolute Gasteiger partial charge is 0.319 e. The lowest BCUT2D eigenvalue weighted by Gasteiger charge is -2.18. The number of hydrogen-bond donors (Lipinski definition) is 2. The number of amides is 2. The minimum absolute atomic E-state index is 0.173. The van der Waals surface area contributed by atoms with Crippen molar-refractivity contribution < 1.29 is 4.79 Å². The molecular weight excluding hydrogens is 308 g/mol. The number of nitrogens with one attached hydrogen (secondary N) is 2. The number of carbonyl (C=O) groups is 1. The fraction of sp³-hybridized carbons (Fsp3) is 0.412. The third-order valence-electron chi connectivity index (χ3n) is 3.08. The maximum Gasteiger partial charge on any atom is 0.319 e. The molecule has 0 fully saturated rings. The predicted octanol–water partition coefficient (Wildman–Crippen LogP) is 3.90. The summed E-state index contributed by atoms with van der Waals surface area (Å²) < 4.78 is 2.09. The summed E-state index contributed by atoms with van der Waals surface area (Å²) in [5.74, 6) is 0. The van der Waals surface area contributed by atoms with Crippen molar-refractivity contribution in [2.75, 3.05) is 11.9 Å². The van der Waals surface area contributed by atoms with Gasteiger partial charge >= 0.3 is 6.03 Å². The molecule has 0 radical (unpaired) electrons. The van der Waals surface area contributed by atoms with Gasteiger partial charge in [0.15, 0.2) is 0 Å². The standard InChI is InChI=1S/C17H24N4OS/c1-13-11-14(23-17(2,3)4)5-6-15(13)20-16(22)19-8-10-21-9-7-18-12-21/h5-7,9,11-12H,8,10H2,1-4H3,(H2,19,20,22). The summed E-state index contributed by atoms with van der Waals surface area (Å²) in [5, 5.41) is 5.74. The van der Waals surface area contributed by atoms with Gasteiger partial charge in [0.1, 0.15) is 0 Å². The van der Waals surface area contributed by atoms with Gasteiger partial charge in [-0.15, -0.1) is 11.8 Å². The van der Waals surface area contributed by atoms with E-state index < -0.39 is 0 Å². The quantitative estimate of drug-likeness (QED) is 0.816. The highest BCUT2D eigenvalue weighted by molar-refractivity contribution is 8.00. The molecule has 0 saturated heterocycles. The Morgan fingerprint density at radius 2 is 2.13 bits per heavy atom. The van der Waals surface area contributed by atoms with E-state index in [0.717, 1.165) is 11.3 Å². The maximum absolute atomic E-state index is 12.0. The van der Waals surface area contributed by atoms with Crippen LogP contribution in [0.4, 0.5) is 10.5 Å². The molecule has 1 aromatic carbocycles. The van der Waals surface area contributed by atoms with Crippen LogP contribution in [0.5, 0.6) is 0 Å². The van der Waals surface area contributed by atoms with E-state index in [1.807, 2.05) is 41.6 Å². The number of urea groups is 1. The number of aromatic nitrogens is 2. The van der Waals surface area contributed by atoms with Crippen LogP contribution in [-0.2, 0) is 6.54 Å². The van der Waals surface area contributed by atoms with Crippen molar-refractivity contribution in [3.8, 4) is 0 Å². The minimum Gasteiger partial charge on any atom is -0.336 e. The van der Waals surface area contributed by atoms with Gasteiger partial charge in [-0.2, -0.15) is 0 Å². The van der Waals surface area contributed by atoms with E-state index in [1.54, 1.807) is 12.5 Å². The number of imidazole rings is 1. The Labute approximate surface area is 141 Å². The number of rotatable bonds is 5. The first-order valence-electron chi connectivity index (χ1n) is 7.64. The maximum atomic E-state index is 12.0. The van der Waals surface area contributed by atoms with Crippen LogP contribution in [0.25, 0.3) is 0 Å². The van der Waals surface area contributed by atoms with Crippen molar-refractivity contribution in [2.24, 2.45) is 0 Å². The Morgan fingerprint density at radius 3 is 2.74 bits per heavy atom. The fourth-order valence-corrected chi connectivity index (χ4v) is 3.16. The highest BCUT2D eigenvalue weighted by Crippen LogP contribution is 2.33. The van der Waals surface area contributed by atoms with Crippen molar-refractivity contribution in [2.45, 2.75) is 43.9 Å². The van der Waals surface area contributed by atoms with Crippen molar-refractivity contribution in [3.63, 3.8) is 0 Å². The van der Waals surface area contributed by atoms with E-state index in [4.69, 9.17) is 0 Å². The normalized spacial score (nSPS) is 11.3. The average Bonchev–Trinajstić information content (AvgIpc) is 2.93. The zero-order valence-electron chi connectivity index (χ0n) is 14.1. The largest absolute Gasteiger partial charge is 0.336 e. The molecule has 2 rings (SSSR count). The summed E-state index contributed by atoms with van der Waals surface area (Å²) in [7, 11) is 0. The van der Waals surface area contributed by atoms with Crippen molar-refractivity contribution in [1.29, 1.82) is 0 Å². The molecule has 0 bridgehead atoms. The van der Waals surface area contributed by atoms with Crippen LogP contribution in [0, 0.1) is 6.92 Å². The molecule has 0 aliphatic heterocycles. The fourth-order valence-electron chi connectivity index (χ4n) is 2.08. The Kier molecular flexibility index (Phi) is 5.71. The first kappa shape index (κ1) is 17.4. The van der Waals surface area contributed by atoms with Gasteiger partial charge < -0.3 is 15.2 Å². The number of thioether (sulfide) groups is 1. The van der Waals surface area contributed by atoms with Crippen molar-refractivity contribution in [1.82, 2.24) is 14.9 Å². The van der Waals surface area contributed by atoms with Gasteiger partial charge in [-0.3, -0.25) is 0 Å². The Morgan fingerprint density at radius 1 is 1.35 bits per heavy atom. The number of hydrogen-bond acceptors (Lipinski definition) is 3. The van der Waals surface area contributed by atoms with Crippen LogP contribution in [0.15, 0.2) is 41.8 Å². The summed E-state index contributed by atoms with van der Waals surface area (Å²) in [5.41, 5.74) is 1.90. The monoisotopic (exact) mass is 332 g/mol.